The van der Waals surface area contributed by atoms with Crippen LogP contribution in [0.3, 0.4) is 0 Å². The monoisotopic (exact) mass is 777 g/mol. The van der Waals surface area contributed by atoms with E-state index in [0.29, 0.717) is 58.3 Å². The van der Waals surface area contributed by atoms with Gasteiger partial charge in [-0.3, -0.25) is 4.90 Å². The van der Waals surface area contributed by atoms with E-state index in [1.807, 2.05) is 95.9 Å². The summed E-state index contributed by atoms with van der Waals surface area (Å²) in [4.78, 5) is 52.9. The number of aliphatic hydroxyl groups excluding tert-OH is 1. The van der Waals surface area contributed by atoms with Gasteiger partial charge in [-0.1, -0.05) is 91.0 Å². The summed E-state index contributed by atoms with van der Waals surface area (Å²) in [6, 6.07) is 27.2. The summed E-state index contributed by atoms with van der Waals surface area (Å²) >= 11 is 0. The van der Waals surface area contributed by atoms with Gasteiger partial charge in [0.25, 0.3) is 0 Å². The number of aliphatic hydroxyl groups is 1. The molecule has 0 spiro atoms. The Hall–Kier alpha value is -5.34. The van der Waals surface area contributed by atoms with Crippen LogP contribution in [0.1, 0.15) is 69.6 Å². The Balaban J connectivity index is 1.70. The second kappa shape index (κ2) is 25.7. The molecule has 0 saturated heterocycles. The first kappa shape index (κ1) is 45.1. The smallest absolute Gasteiger partial charge is 0.407 e. The van der Waals surface area contributed by atoms with Crippen molar-refractivity contribution in [3.8, 4) is 0 Å². The van der Waals surface area contributed by atoms with Crippen LogP contribution >= 0.6 is 0 Å². The van der Waals surface area contributed by atoms with Crippen molar-refractivity contribution in [2.24, 2.45) is 0 Å². The highest BCUT2D eigenvalue weighted by Gasteiger charge is 2.23. The van der Waals surface area contributed by atoms with Crippen molar-refractivity contribution in [3.63, 3.8) is 0 Å². The molecular weight excluding hydrogens is 718 g/mol. The van der Waals surface area contributed by atoms with E-state index in [4.69, 9.17) is 18.9 Å². The van der Waals surface area contributed by atoms with E-state index >= 15 is 0 Å². The van der Waals surface area contributed by atoms with Crippen molar-refractivity contribution in [1.82, 2.24) is 26.2 Å². The summed E-state index contributed by atoms with van der Waals surface area (Å²) in [5, 5.41) is 21.2. The molecule has 2 atom stereocenters. The van der Waals surface area contributed by atoms with Crippen LogP contribution < -0.4 is 21.3 Å². The number of alkyl carbamates (subject to hydrolysis) is 4. The Bertz CT molecular complexity index is 1560. The molecule has 3 rings (SSSR count). The number of rotatable bonds is 23. The lowest BCUT2D eigenvalue weighted by Crippen LogP contribution is -2.51. The standard InChI is InChI=1S/C42H59N5O9/c1-42(2,3)56-39(50)43-24-14-13-22-36(45-40(51)54-31-34-18-9-5-10-19-34)28-47(26-25-44-38(49)53-30-33-16-7-4-8-17-33)29-37(23-15-27-48)46-41(52)55-32-35-20-11-6-12-21-35/h4-12,16-21,36-37,48H,13-15,22-32H2,1-3H3,(H,43,50)(H,44,49)(H,45,51)(H,46,52)/t36-,37-/m0/s1. The largest absolute Gasteiger partial charge is 0.445 e. The Morgan fingerprint density at radius 1 is 0.589 bits per heavy atom. The Labute approximate surface area is 330 Å². The van der Waals surface area contributed by atoms with Gasteiger partial charge in [0, 0.05) is 51.4 Å². The van der Waals surface area contributed by atoms with Crippen LogP contribution in [0.4, 0.5) is 19.2 Å². The van der Waals surface area contributed by atoms with Crippen molar-refractivity contribution in [3.05, 3.63) is 108 Å². The fraction of sp³-hybridized carbons (Fsp3) is 0.476. The average molecular weight is 778 g/mol. The van der Waals surface area contributed by atoms with Gasteiger partial charge < -0.3 is 45.3 Å². The van der Waals surface area contributed by atoms with E-state index in [1.165, 1.54) is 0 Å². The van der Waals surface area contributed by atoms with Gasteiger partial charge >= 0.3 is 24.4 Å². The molecule has 0 bridgehead atoms. The minimum absolute atomic E-state index is 0.0686. The van der Waals surface area contributed by atoms with E-state index in [-0.39, 0.29) is 33.0 Å². The number of amides is 4. The van der Waals surface area contributed by atoms with Crippen LogP contribution in [0, 0.1) is 0 Å². The first-order valence-corrected chi connectivity index (χ1v) is 19.2. The lowest BCUT2D eigenvalue weighted by molar-refractivity contribution is 0.0526. The maximum atomic E-state index is 13.1. The van der Waals surface area contributed by atoms with Crippen LogP contribution in [0.5, 0.6) is 0 Å². The van der Waals surface area contributed by atoms with E-state index in [2.05, 4.69) is 21.3 Å². The van der Waals surface area contributed by atoms with Crippen molar-refractivity contribution in [2.75, 3.05) is 39.3 Å². The van der Waals surface area contributed by atoms with E-state index in [0.717, 1.165) is 16.7 Å². The molecule has 0 heterocycles. The van der Waals surface area contributed by atoms with Gasteiger partial charge in [-0.15, -0.1) is 0 Å². The van der Waals surface area contributed by atoms with Crippen molar-refractivity contribution >= 4 is 24.4 Å². The molecule has 5 N–H and O–H groups in total. The van der Waals surface area contributed by atoms with Crippen LogP contribution in [-0.4, -0.2) is 91.4 Å². The third-order valence-electron chi connectivity index (χ3n) is 8.30. The van der Waals surface area contributed by atoms with Crippen LogP contribution in [0.15, 0.2) is 91.0 Å². The molecular formula is C42H59N5O9. The van der Waals surface area contributed by atoms with E-state index in [9.17, 15) is 24.3 Å². The van der Waals surface area contributed by atoms with E-state index in [1.54, 1.807) is 20.8 Å². The fourth-order valence-electron chi connectivity index (χ4n) is 5.61. The van der Waals surface area contributed by atoms with Gasteiger partial charge in [0.1, 0.15) is 25.4 Å². The number of ether oxygens (including phenoxy) is 4. The molecule has 306 valence electrons. The Kier molecular flexibility index (Phi) is 20.7. The summed E-state index contributed by atoms with van der Waals surface area (Å²) < 4.78 is 21.8. The van der Waals surface area contributed by atoms with Crippen molar-refractivity contribution in [2.45, 2.75) is 90.4 Å². The zero-order valence-electron chi connectivity index (χ0n) is 32.9. The van der Waals surface area contributed by atoms with Crippen LogP contribution in [0.2, 0.25) is 0 Å². The molecule has 56 heavy (non-hydrogen) atoms. The lowest BCUT2D eigenvalue weighted by atomic mass is 10.1. The second-order valence-corrected chi connectivity index (χ2v) is 14.3. The first-order valence-electron chi connectivity index (χ1n) is 19.2. The number of nitrogens with zero attached hydrogens (tertiary/aromatic N) is 1. The highest BCUT2D eigenvalue weighted by atomic mass is 16.6. The Morgan fingerprint density at radius 3 is 1.46 bits per heavy atom. The SMILES string of the molecule is CC(C)(C)OC(=O)NCCCC[C@@H](CN(CCNC(=O)OCc1ccccc1)C[C@H](CCCO)NC(=O)OCc1ccccc1)NC(=O)OCc1ccccc1. The molecule has 0 unspecified atom stereocenters. The maximum absolute atomic E-state index is 13.1. The molecule has 0 fully saturated rings. The summed E-state index contributed by atoms with van der Waals surface area (Å²) in [5.74, 6) is 0. The predicted octanol–water partition coefficient (Wildman–Crippen LogP) is 6.27. The molecule has 0 aliphatic rings. The van der Waals surface area contributed by atoms with Gasteiger partial charge in [-0.25, -0.2) is 19.2 Å². The summed E-state index contributed by atoms with van der Waals surface area (Å²) in [6.45, 7) is 7.22. The quantitative estimate of drug-likeness (QED) is 0.0545. The highest BCUT2D eigenvalue weighted by molar-refractivity contribution is 5.68. The maximum Gasteiger partial charge on any atom is 0.407 e. The summed E-state index contributed by atoms with van der Waals surface area (Å²) in [6.07, 6.45) is 0.421. The third kappa shape index (κ3) is 20.9. The minimum atomic E-state index is -0.612. The normalized spacial score (nSPS) is 12.2. The molecule has 14 nitrogen and oxygen atoms in total. The first-order chi connectivity index (χ1) is 27.0. The van der Waals surface area contributed by atoms with Gasteiger partial charge in [-0.05, 0) is 69.6 Å². The molecule has 3 aromatic rings. The van der Waals surface area contributed by atoms with Crippen molar-refractivity contribution < 1.29 is 43.2 Å². The highest BCUT2D eigenvalue weighted by Crippen LogP contribution is 2.11. The van der Waals surface area contributed by atoms with Crippen LogP contribution in [0.25, 0.3) is 0 Å². The molecule has 0 radical (unpaired) electrons. The molecule has 0 aliphatic carbocycles. The molecule has 4 amide bonds. The third-order valence-corrected chi connectivity index (χ3v) is 8.30. The summed E-state index contributed by atoms with van der Waals surface area (Å²) in [5.41, 5.74) is 1.93. The Morgan fingerprint density at radius 2 is 1.02 bits per heavy atom. The van der Waals surface area contributed by atoms with E-state index < -0.39 is 42.1 Å². The molecule has 14 heteroatoms. The van der Waals surface area contributed by atoms with Gasteiger partial charge in [0.15, 0.2) is 0 Å². The zero-order chi connectivity index (χ0) is 40.4. The molecule has 0 aromatic heterocycles. The number of carbonyl (C=O) groups excluding carboxylic acids is 4. The molecule has 3 aromatic carbocycles. The van der Waals surface area contributed by atoms with Crippen LogP contribution in [-0.2, 0) is 38.8 Å². The topological polar surface area (TPSA) is 177 Å². The number of carbonyl (C=O) groups is 4. The zero-order valence-corrected chi connectivity index (χ0v) is 32.9. The molecule has 0 saturated carbocycles. The second-order valence-electron chi connectivity index (χ2n) is 14.3. The van der Waals surface area contributed by atoms with Crippen molar-refractivity contribution in [1.29, 1.82) is 0 Å². The summed E-state index contributed by atoms with van der Waals surface area (Å²) in [7, 11) is 0. The number of benzene rings is 3. The van der Waals surface area contributed by atoms with Gasteiger partial charge in [-0.2, -0.15) is 0 Å². The fourth-order valence-corrected chi connectivity index (χ4v) is 5.61. The average Bonchev–Trinajstić information content (AvgIpc) is 3.17. The minimum Gasteiger partial charge on any atom is -0.445 e. The van der Waals surface area contributed by atoms with Gasteiger partial charge in [0.05, 0.1) is 0 Å². The number of nitrogens with one attached hydrogen (secondary N) is 4. The lowest BCUT2D eigenvalue weighted by Gasteiger charge is -2.31. The van der Waals surface area contributed by atoms with Gasteiger partial charge in [0.2, 0.25) is 0 Å². The number of hydrogen-bond acceptors (Lipinski definition) is 10. The molecule has 0 aliphatic heterocycles. The number of unbranched alkanes of at least 4 members (excludes halogenated alkanes) is 1. The number of hydrogen-bond donors (Lipinski definition) is 5. The predicted molar refractivity (Wildman–Crippen MR) is 213 cm³/mol.